The summed E-state index contributed by atoms with van der Waals surface area (Å²) in [7, 11) is 4.93. The first-order valence-corrected chi connectivity index (χ1v) is 16.0. The molecule has 0 aliphatic rings. The van der Waals surface area contributed by atoms with Crippen molar-refractivity contribution in [2.24, 2.45) is 0 Å². The van der Waals surface area contributed by atoms with Gasteiger partial charge in [-0.05, 0) is 54.6 Å². The van der Waals surface area contributed by atoms with Crippen LogP contribution < -0.4 is 18.9 Å². The topological polar surface area (TPSA) is 72.6 Å². The summed E-state index contributed by atoms with van der Waals surface area (Å²) in [6.07, 6.45) is 3.26. The van der Waals surface area contributed by atoms with Gasteiger partial charge in [-0.1, -0.05) is 37.6 Å². The van der Waals surface area contributed by atoms with Gasteiger partial charge in [0.05, 0.1) is 32.6 Å². The average molecular weight is 743 g/mol. The number of rotatable bonds is 10. The predicted molar refractivity (Wildman–Crippen MR) is 188 cm³/mol. The van der Waals surface area contributed by atoms with E-state index >= 15 is 0 Å². The Morgan fingerprint density at radius 3 is 2.18 bits per heavy atom. The summed E-state index contributed by atoms with van der Waals surface area (Å²) < 4.78 is 27.7. The summed E-state index contributed by atoms with van der Waals surface area (Å²) in [6, 6.07) is 33.0. The van der Waals surface area contributed by atoms with E-state index in [4.69, 9.17) is 24.0 Å². The van der Waals surface area contributed by atoms with Gasteiger partial charge in [0.15, 0.2) is 0 Å². The smallest absolute Gasteiger partial charge is 0.509 e. The molecule has 8 nitrogen and oxygen atoms in total. The van der Waals surface area contributed by atoms with Crippen LogP contribution in [0, 0.1) is 19.1 Å². The van der Waals surface area contributed by atoms with Crippen molar-refractivity contribution in [3.05, 3.63) is 114 Å². The summed E-state index contributed by atoms with van der Waals surface area (Å²) in [5.74, 6) is 3.92. The number of ether oxygens (including phenoxy) is 4. The molecule has 0 spiro atoms. The summed E-state index contributed by atoms with van der Waals surface area (Å²) >= 11 is 0. The van der Waals surface area contributed by atoms with E-state index in [0.717, 1.165) is 61.4 Å². The van der Waals surface area contributed by atoms with Gasteiger partial charge in [0.2, 0.25) is 0 Å². The van der Waals surface area contributed by atoms with E-state index < -0.39 is 0 Å². The summed E-state index contributed by atoms with van der Waals surface area (Å²) in [5.41, 5.74) is 7.59. The third-order valence-corrected chi connectivity index (χ3v) is 8.58. The fourth-order valence-corrected chi connectivity index (χ4v) is 6.37. The number of aromatic nitrogens is 4. The molecule has 0 aliphatic carbocycles. The third-order valence-electron chi connectivity index (χ3n) is 8.58. The van der Waals surface area contributed by atoms with Gasteiger partial charge < -0.3 is 23.5 Å². The zero-order chi connectivity index (χ0) is 33.4. The Morgan fingerprint density at radius 2 is 1.49 bits per heavy atom. The van der Waals surface area contributed by atoms with Crippen molar-refractivity contribution in [1.82, 2.24) is 19.3 Å². The fourth-order valence-electron chi connectivity index (χ4n) is 6.37. The van der Waals surface area contributed by atoms with Gasteiger partial charge in [-0.3, -0.25) is 4.68 Å². The van der Waals surface area contributed by atoms with E-state index in [1.54, 1.807) is 21.3 Å². The zero-order valence-electron chi connectivity index (χ0n) is 28.2. The molecule has 9 heteroatoms. The Morgan fingerprint density at radius 1 is 0.735 bits per heavy atom. The van der Waals surface area contributed by atoms with Crippen LogP contribution in [0.1, 0.15) is 30.8 Å². The molecule has 4 aromatic carbocycles. The van der Waals surface area contributed by atoms with Gasteiger partial charge in [0, 0.05) is 46.6 Å². The molecule has 0 N–H and O–H groups in total. The number of hydrogen-bond acceptors (Lipinski definition) is 6. The van der Waals surface area contributed by atoms with E-state index in [0.29, 0.717) is 41.6 Å². The fraction of sp³-hybridized carbons (Fsp3) is 0.200. The molecule has 7 aromatic rings. The second-order valence-electron chi connectivity index (χ2n) is 11.4. The van der Waals surface area contributed by atoms with Crippen LogP contribution in [0.15, 0.2) is 85.1 Å². The van der Waals surface area contributed by atoms with Crippen molar-refractivity contribution in [2.45, 2.75) is 33.6 Å². The molecule has 3 heterocycles. The third kappa shape index (κ3) is 6.05. The molecule has 0 amide bonds. The molecule has 250 valence electrons. The molecule has 0 fully saturated rings. The first-order valence-electron chi connectivity index (χ1n) is 16.0. The Bertz CT molecular complexity index is 2270. The van der Waals surface area contributed by atoms with Crippen molar-refractivity contribution < 1.29 is 39.4 Å². The van der Waals surface area contributed by atoms with Crippen LogP contribution in [0.25, 0.3) is 44.4 Å². The van der Waals surface area contributed by atoms with Gasteiger partial charge in [-0.2, -0.15) is 17.2 Å². The Labute approximate surface area is 299 Å². The molecular weight excluding hydrogens is 707 g/mol. The van der Waals surface area contributed by atoms with E-state index in [9.17, 15) is 0 Å². The molecule has 0 saturated carbocycles. The van der Waals surface area contributed by atoms with Gasteiger partial charge in [-0.25, -0.2) is 4.98 Å². The minimum atomic E-state index is 0. The number of hydrogen-bond donors (Lipinski definition) is 0. The SMILES string of the molecule is CCc1nn(-c2[c-]c(Oc3[c-]c4c(cc3)c3ccccc3n4-c3cc(C)ccn3)ccc2)c(CC)c1-c1c(OC)cc(OC)cc1OC.[Pd+2]. The van der Waals surface area contributed by atoms with Crippen LogP contribution in [0.3, 0.4) is 0 Å². The molecular formula is C40H36N4O4Pd. The number of pyridine rings is 1. The number of fused-ring (bicyclic) bond motifs is 3. The molecule has 0 unspecified atom stereocenters. The second-order valence-corrected chi connectivity index (χ2v) is 11.4. The van der Waals surface area contributed by atoms with Crippen molar-refractivity contribution in [1.29, 1.82) is 0 Å². The first kappa shape index (κ1) is 33.8. The maximum atomic E-state index is 6.44. The Balaban J connectivity index is 0.00000417. The second kappa shape index (κ2) is 14.2. The van der Waals surface area contributed by atoms with E-state index in [1.165, 1.54) is 0 Å². The maximum absolute atomic E-state index is 6.44. The van der Waals surface area contributed by atoms with Gasteiger partial charge in [-0.15, -0.1) is 35.7 Å². The van der Waals surface area contributed by atoms with E-state index in [-0.39, 0.29) is 20.4 Å². The molecule has 3 aromatic heterocycles. The summed E-state index contributed by atoms with van der Waals surface area (Å²) in [4.78, 5) is 4.69. The summed E-state index contributed by atoms with van der Waals surface area (Å²) in [5, 5.41) is 7.28. The van der Waals surface area contributed by atoms with Crippen molar-refractivity contribution in [3.63, 3.8) is 0 Å². The Hall–Kier alpha value is -5.10. The van der Waals surface area contributed by atoms with Crippen LogP contribution in [0.4, 0.5) is 0 Å². The number of aryl methyl sites for hydroxylation is 2. The molecule has 0 bridgehead atoms. The molecule has 0 radical (unpaired) electrons. The number of benzene rings is 4. The normalized spacial score (nSPS) is 11.1. The quantitative estimate of drug-likeness (QED) is 0.103. The number of nitrogens with zero attached hydrogens (tertiary/aromatic N) is 4. The average Bonchev–Trinajstić information content (AvgIpc) is 3.66. The van der Waals surface area contributed by atoms with Crippen molar-refractivity contribution in [2.75, 3.05) is 21.3 Å². The minimum absolute atomic E-state index is 0. The molecule has 0 saturated heterocycles. The number of para-hydroxylation sites is 1. The van der Waals surface area contributed by atoms with Gasteiger partial charge >= 0.3 is 20.4 Å². The molecule has 49 heavy (non-hydrogen) atoms. The molecule has 7 rings (SSSR count). The maximum Gasteiger partial charge on any atom is 2.00 e. The van der Waals surface area contributed by atoms with E-state index in [2.05, 4.69) is 72.8 Å². The zero-order valence-corrected chi connectivity index (χ0v) is 29.8. The monoisotopic (exact) mass is 742 g/mol. The van der Waals surface area contributed by atoms with Crippen LogP contribution in [-0.4, -0.2) is 40.7 Å². The van der Waals surface area contributed by atoms with Crippen LogP contribution in [0.2, 0.25) is 0 Å². The Kier molecular flexibility index (Phi) is 9.77. The first-order chi connectivity index (χ1) is 23.5. The number of methoxy groups -OCH3 is 3. The van der Waals surface area contributed by atoms with E-state index in [1.807, 2.05) is 59.4 Å². The predicted octanol–water partition coefficient (Wildman–Crippen LogP) is 8.88. The molecule has 0 aliphatic heterocycles. The van der Waals surface area contributed by atoms with Crippen LogP contribution in [0.5, 0.6) is 28.7 Å². The van der Waals surface area contributed by atoms with Gasteiger partial charge in [0.1, 0.15) is 23.1 Å². The van der Waals surface area contributed by atoms with Crippen molar-refractivity contribution in [3.8, 4) is 51.4 Å². The summed E-state index contributed by atoms with van der Waals surface area (Å²) in [6.45, 7) is 6.28. The van der Waals surface area contributed by atoms with Crippen molar-refractivity contribution >= 4 is 21.8 Å². The standard InChI is InChI=1S/C40H36N4O4.Pd/c1-7-32-39(40-36(46-5)23-29(45-4)24-37(40)47-6)33(8-2)44(42-32)26-12-11-13-27(21-26)48-28-16-17-31-30-14-9-10-15-34(30)43(35(31)22-28)38-20-25(3)18-19-41-38;/h9-20,23-24H,7-8H2,1-6H3;/q-2;+2. The van der Waals surface area contributed by atoms with Gasteiger partial charge in [0.25, 0.3) is 0 Å². The molecule has 0 atom stereocenters. The minimum Gasteiger partial charge on any atom is -0.509 e. The van der Waals surface area contributed by atoms with Crippen LogP contribution >= 0.6 is 0 Å². The largest absolute Gasteiger partial charge is 2.00 e. The van der Waals surface area contributed by atoms with Crippen LogP contribution in [-0.2, 0) is 33.3 Å².